The van der Waals surface area contributed by atoms with E-state index in [1.165, 1.54) is 0 Å². The Morgan fingerprint density at radius 2 is 0.286 bits per heavy atom. The molecule has 14 heteroatoms. The zero-order valence-electron chi connectivity index (χ0n) is 6.12. The van der Waals surface area contributed by atoms with Crippen molar-refractivity contribution in [2.24, 2.45) is 0 Å². The molecular weight excluding hydrogens is 541 g/mol. The summed E-state index contributed by atoms with van der Waals surface area (Å²) in [5.74, 6) is 0. The average Bonchev–Trinajstić information content (AvgIpc) is 0. The van der Waals surface area contributed by atoms with Crippen LogP contribution in [0.3, 0.4) is 0 Å². The van der Waals surface area contributed by atoms with Gasteiger partial charge in [-0.3, -0.25) is 0 Å². The third-order valence-electron chi connectivity index (χ3n) is 0. The zero-order chi connectivity index (χ0) is 0. The molecule has 0 aromatic carbocycles. The first-order chi connectivity index (χ1) is 0. The fraction of sp³-hybridized carbons (Fsp3) is 0. The molecule has 0 saturated heterocycles. The van der Waals surface area contributed by atoms with Crippen LogP contribution in [-0.2, 0) is 27.4 Å². The molecule has 14 heavy (non-hydrogen) atoms. The smallest absolute Gasteiger partial charge is 2.00 e. The molecule has 7 N–H and O–H groups in total. The molecule has 0 bridgehead atoms. The van der Waals surface area contributed by atoms with Crippen LogP contribution < -0.4 is 0 Å². The Labute approximate surface area is 132 Å². The van der Waals surface area contributed by atoms with Gasteiger partial charge < -0.3 is 60.2 Å². The maximum Gasteiger partial charge on any atom is 5.00 e. The summed E-state index contributed by atoms with van der Waals surface area (Å²) >= 11 is 0. The Hall–Kier alpha value is 2.01. The van der Waals surface area contributed by atoms with E-state index >= 15 is 0 Å². The van der Waals surface area contributed by atoms with Crippen molar-refractivity contribution < 1.29 is 60.2 Å². The molecule has 0 rings (SSSR count). The molecule has 88 valence electrons. The zero-order valence-corrected chi connectivity index (χ0v) is 13.8. The SMILES string of the molecule is O.[O-2].[O-2].[O-2].[O-2].[O-2].[OH-].[OH-].[OH-].[OH-].[OH-].[Sb+5].[Sb+5].[Sb+5]. The number of rotatable bonds is 0. The van der Waals surface area contributed by atoms with Crippen LogP contribution in [0, 0.1) is 0 Å². The Morgan fingerprint density at radius 1 is 0.286 bits per heavy atom. The Balaban J connectivity index is 0. The van der Waals surface area contributed by atoms with Gasteiger partial charge in [0.1, 0.15) is 0 Å². The van der Waals surface area contributed by atoms with E-state index in [0.29, 0.717) is 0 Å². The maximum absolute atomic E-state index is 0. The van der Waals surface area contributed by atoms with Crippen LogP contribution in [-0.4, -0.2) is 106 Å². The van der Waals surface area contributed by atoms with Crippen molar-refractivity contribution in [3.63, 3.8) is 0 Å². The van der Waals surface area contributed by atoms with E-state index in [2.05, 4.69) is 0 Å². The fourth-order valence-corrected chi connectivity index (χ4v) is 0. The van der Waals surface area contributed by atoms with Crippen LogP contribution in [0.15, 0.2) is 0 Å². The van der Waals surface area contributed by atoms with Gasteiger partial charge in [-0.2, -0.15) is 0 Å². The Kier molecular flexibility index (Phi) is 46200. The van der Waals surface area contributed by atoms with Gasteiger partial charge in [-0.25, -0.2) is 0 Å². The van der Waals surface area contributed by atoms with Crippen LogP contribution in [0.4, 0.5) is 0 Å². The molecule has 0 atom stereocenters. The topological polar surface area (TPSA) is 324 Å². The van der Waals surface area contributed by atoms with E-state index in [-0.39, 0.29) is 134 Å². The van der Waals surface area contributed by atoms with Crippen molar-refractivity contribution in [1.82, 2.24) is 0 Å². The van der Waals surface area contributed by atoms with Gasteiger partial charge in [-0.05, 0) is 0 Å². The molecule has 0 aliphatic heterocycles. The van der Waals surface area contributed by atoms with E-state index in [1.807, 2.05) is 0 Å². The minimum absolute atomic E-state index is 0. The first-order valence-electron chi connectivity index (χ1n) is 0. The van der Waals surface area contributed by atoms with Crippen molar-refractivity contribution in [3.8, 4) is 0 Å². The largest absolute Gasteiger partial charge is 5.00 e. The molecular formula is H7O11Sb3. The third-order valence-corrected chi connectivity index (χ3v) is 0. The molecule has 0 aliphatic rings. The standard InChI is InChI=1S/6H2O.5O.3Sb/h6*1H2;;;;;;;;/q;;;;;;5*-2;3*+5/p-5. The number of hydrogen-bond acceptors (Lipinski definition) is 5. The molecule has 0 fully saturated rings. The normalized spacial score (nSPS) is 0. The van der Waals surface area contributed by atoms with E-state index in [0.717, 1.165) is 0 Å². The molecule has 0 aromatic heterocycles. The van der Waals surface area contributed by atoms with E-state index in [4.69, 9.17) is 0 Å². The first-order valence-corrected chi connectivity index (χ1v) is 0. The second kappa shape index (κ2) is 727. The van der Waals surface area contributed by atoms with Gasteiger partial charge in [0.25, 0.3) is 0 Å². The van der Waals surface area contributed by atoms with Crippen LogP contribution in [0.5, 0.6) is 0 Å². The van der Waals surface area contributed by atoms with Gasteiger partial charge in [0, 0.05) is 0 Å². The van der Waals surface area contributed by atoms with Crippen LogP contribution in [0.25, 0.3) is 0 Å². The van der Waals surface area contributed by atoms with E-state index in [1.54, 1.807) is 0 Å². The summed E-state index contributed by atoms with van der Waals surface area (Å²) < 4.78 is 0. The molecule has 11 nitrogen and oxygen atoms in total. The Morgan fingerprint density at radius 3 is 0.286 bits per heavy atom. The minimum atomic E-state index is 0. The third kappa shape index (κ3) is 585. The van der Waals surface area contributed by atoms with Gasteiger partial charge in [0.2, 0.25) is 0 Å². The Bertz CT molecular complexity index is 10.5. The quantitative estimate of drug-likeness (QED) is 0.278. The summed E-state index contributed by atoms with van der Waals surface area (Å²) in [7, 11) is 0. The van der Waals surface area contributed by atoms with Gasteiger partial charge in [-0.1, -0.05) is 0 Å². The van der Waals surface area contributed by atoms with Crippen LogP contribution in [0.2, 0.25) is 0 Å². The van der Waals surface area contributed by atoms with Gasteiger partial charge in [0.05, 0.1) is 0 Å². The molecule has 0 saturated carbocycles. The second-order valence-corrected chi connectivity index (χ2v) is 0. The summed E-state index contributed by atoms with van der Waals surface area (Å²) in [5, 5.41) is 0. The van der Waals surface area contributed by atoms with Crippen LogP contribution in [0.1, 0.15) is 0 Å². The van der Waals surface area contributed by atoms with Crippen LogP contribution >= 0.6 is 0 Å². The molecule has 0 aliphatic carbocycles. The van der Waals surface area contributed by atoms with Crippen molar-refractivity contribution in [1.29, 1.82) is 0 Å². The van der Waals surface area contributed by atoms with Gasteiger partial charge >= 0.3 is 73.3 Å². The number of hydrogen-bond donors (Lipinski definition) is 0. The van der Waals surface area contributed by atoms with Crippen molar-refractivity contribution in [3.05, 3.63) is 0 Å². The summed E-state index contributed by atoms with van der Waals surface area (Å²) in [4.78, 5) is 0. The van der Waals surface area contributed by atoms with Crippen molar-refractivity contribution >= 4 is 73.3 Å². The average molecular weight is 548 g/mol. The molecule has 0 aromatic rings. The first kappa shape index (κ1) is 890. The van der Waals surface area contributed by atoms with E-state index in [9.17, 15) is 0 Å². The van der Waals surface area contributed by atoms with Gasteiger partial charge in [0.15, 0.2) is 0 Å². The second-order valence-electron chi connectivity index (χ2n) is 0. The monoisotopic (exact) mass is 546 g/mol. The molecule has 0 heterocycles. The summed E-state index contributed by atoms with van der Waals surface area (Å²) in [6.45, 7) is 0. The fourth-order valence-electron chi connectivity index (χ4n) is 0. The predicted octanol–water partition coefficient (Wildman–Crippen LogP) is -3.45. The molecule has 0 unspecified atom stereocenters. The summed E-state index contributed by atoms with van der Waals surface area (Å²) in [6.07, 6.45) is 0. The molecule has 0 radical (unpaired) electrons. The predicted molar refractivity (Wildman–Crippen MR) is 34.0 cm³/mol. The van der Waals surface area contributed by atoms with E-state index < -0.39 is 0 Å². The molecule has 0 spiro atoms. The van der Waals surface area contributed by atoms with Crippen molar-refractivity contribution in [2.75, 3.05) is 0 Å². The van der Waals surface area contributed by atoms with Crippen molar-refractivity contribution in [2.45, 2.75) is 0 Å². The minimum Gasteiger partial charge on any atom is -2.00 e. The summed E-state index contributed by atoms with van der Waals surface area (Å²) in [5.41, 5.74) is 0. The molecule has 0 amide bonds. The maximum atomic E-state index is 0. The van der Waals surface area contributed by atoms with Gasteiger partial charge in [-0.15, -0.1) is 0 Å². The summed E-state index contributed by atoms with van der Waals surface area (Å²) in [6, 6.07) is 0.